The van der Waals surface area contributed by atoms with Crippen LogP contribution in [0, 0.1) is 6.92 Å². The maximum absolute atomic E-state index is 5.31. The van der Waals surface area contributed by atoms with Crippen LogP contribution in [0.5, 0.6) is 0 Å². The number of morpholine rings is 1. The predicted octanol–water partition coefficient (Wildman–Crippen LogP) is 1.13. The van der Waals surface area contributed by atoms with Crippen LogP contribution in [0.15, 0.2) is 19.0 Å². The molecule has 4 nitrogen and oxygen atoms in total. The van der Waals surface area contributed by atoms with E-state index >= 15 is 0 Å². The minimum absolute atomic E-state index is 0.816. The van der Waals surface area contributed by atoms with Crippen LogP contribution in [0.2, 0.25) is 0 Å². The number of nitrogens with zero attached hydrogens (tertiary/aromatic N) is 3. The molecule has 0 bridgehead atoms. The highest BCUT2D eigenvalue weighted by Crippen LogP contribution is 2.12. The third-order valence-electron chi connectivity index (χ3n) is 2.68. The molecule has 86 valence electrons. The van der Waals surface area contributed by atoms with Crippen LogP contribution in [-0.2, 0) is 4.74 Å². The molecular formula is C12H17N3O. The van der Waals surface area contributed by atoms with Crippen molar-refractivity contribution in [2.24, 2.45) is 0 Å². The quantitative estimate of drug-likeness (QED) is 0.764. The van der Waals surface area contributed by atoms with E-state index in [-0.39, 0.29) is 0 Å². The first kappa shape index (κ1) is 11.2. The number of rotatable bonds is 3. The van der Waals surface area contributed by atoms with Crippen molar-refractivity contribution in [1.82, 2.24) is 14.9 Å². The van der Waals surface area contributed by atoms with Crippen LogP contribution in [0.1, 0.15) is 11.4 Å². The molecule has 2 rings (SSSR count). The molecule has 16 heavy (non-hydrogen) atoms. The molecule has 2 heterocycles. The Kier molecular flexibility index (Phi) is 3.64. The molecular weight excluding hydrogens is 202 g/mol. The van der Waals surface area contributed by atoms with Gasteiger partial charge in [0.2, 0.25) is 0 Å². The van der Waals surface area contributed by atoms with Gasteiger partial charge in [-0.05, 0) is 18.6 Å². The van der Waals surface area contributed by atoms with Crippen LogP contribution in [-0.4, -0.2) is 47.7 Å². The first-order valence-electron chi connectivity index (χ1n) is 5.52. The van der Waals surface area contributed by atoms with E-state index in [1.807, 2.05) is 13.0 Å². The Labute approximate surface area is 96.0 Å². The lowest BCUT2D eigenvalue weighted by atomic mass is 10.1. The lowest BCUT2D eigenvalue weighted by Crippen LogP contribution is -2.37. The molecule has 1 fully saturated rings. The fourth-order valence-electron chi connectivity index (χ4n) is 1.76. The predicted molar refractivity (Wildman–Crippen MR) is 63.1 cm³/mol. The Balaban J connectivity index is 1.97. The average Bonchev–Trinajstić information content (AvgIpc) is 2.30. The minimum atomic E-state index is 0.816. The maximum atomic E-state index is 5.31. The monoisotopic (exact) mass is 219 g/mol. The summed E-state index contributed by atoms with van der Waals surface area (Å²) in [5.74, 6) is 0. The lowest BCUT2D eigenvalue weighted by molar-refractivity contribution is 0.0444. The summed E-state index contributed by atoms with van der Waals surface area (Å²) < 4.78 is 5.31. The van der Waals surface area contributed by atoms with E-state index in [1.54, 1.807) is 6.33 Å². The Morgan fingerprint density at radius 1 is 1.44 bits per heavy atom. The summed E-state index contributed by atoms with van der Waals surface area (Å²) in [5, 5.41) is 0. The molecule has 0 N–H and O–H groups in total. The van der Waals surface area contributed by atoms with Crippen molar-refractivity contribution in [3.63, 3.8) is 0 Å². The van der Waals surface area contributed by atoms with Gasteiger partial charge in [-0.3, -0.25) is 4.90 Å². The topological polar surface area (TPSA) is 38.2 Å². The highest BCUT2D eigenvalue weighted by atomic mass is 16.5. The molecule has 1 aromatic rings. The van der Waals surface area contributed by atoms with E-state index < -0.39 is 0 Å². The summed E-state index contributed by atoms with van der Waals surface area (Å²) in [4.78, 5) is 10.7. The number of hydrogen-bond acceptors (Lipinski definition) is 4. The van der Waals surface area contributed by atoms with E-state index in [2.05, 4.69) is 21.4 Å². The number of hydrogen-bond donors (Lipinski definition) is 0. The van der Waals surface area contributed by atoms with Gasteiger partial charge in [-0.15, -0.1) is 0 Å². The Morgan fingerprint density at radius 3 is 2.88 bits per heavy atom. The summed E-state index contributed by atoms with van der Waals surface area (Å²) in [6.45, 7) is 10.5. The molecule has 0 atom stereocenters. The fourth-order valence-corrected chi connectivity index (χ4v) is 1.76. The third-order valence-corrected chi connectivity index (χ3v) is 2.68. The first-order chi connectivity index (χ1) is 7.75. The van der Waals surface area contributed by atoms with E-state index in [0.717, 1.165) is 49.8 Å². The minimum Gasteiger partial charge on any atom is -0.379 e. The van der Waals surface area contributed by atoms with E-state index in [1.165, 1.54) is 0 Å². The Hall–Kier alpha value is -1.26. The van der Waals surface area contributed by atoms with Gasteiger partial charge >= 0.3 is 0 Å². The smallest absolute Gasteiger partial charge is 0.116 e. The van der Waals surface area contributed by atoms with E-state index in [0.29, 0.717) is 0 Å². The van der Waals surface area contributed by atoms with E-state index in [4.69, 9.17) is 4.74 Å². The van der Waals surface area contributed by atoms with Crippen molar-refractivity contribution in [3.05, 3.63) is 30.4 Å². The van der Waals surface area contributed by atoms with Gasteiger partial charge in [0, 0.05) is 25.3 Å². The van der Waals surface area contributed by atoms with Gasteiger partial charge in [-0.1, -0.05) is 6.58 Å². The molecule has 0 amide bonds. The highest BCUT2D eigenvalue weighted by Gasteiger charge is 2.12. The molecule has 1 saturated heterocycles. The van der Waals surface area contributed by atoms with Crippen molar-refractivity contribution in [2.75, 3.05) is 32.8 Å². The zero-order valence-corrected chi connectivity index (χ0v) is 9.65. The van der Waals surface area contributed by atoms with Crippen LogP contribution < -0.4 is 0 Å². The van der Waals surface area contributed by atoms with Crippen molar-refractivity contribution in [1.29, 1.82) is 0 Å². The third kappa shape index (κ3) is 2.87. The van der Waals surface area contributed by atoms with Gasteiger partial charge in [0.1, 0.15) is 6.33 Å². The normalized spacial score (nSPS) is 17.3. The molecule has 1 aliphatic heterocycles. The summed E-state index contributed by atoms with van der Waals surface area (Å²) in [6.07, 6.45) is 1.59. The van der Waals surface area contributed by atoms with E-state index in [9.17, 15) is 0 Å². The van der Waals surface area contributed by atoms with Gasteiger partial charge in [0.15, 0.2) is 0 Å². The van der Waals surface area contributed by atoms with Crippen LogP contribution in [0.3, 0.4) is 0 Å². The van der Waals surface area contributed by atoms with Crippen molar-refractivity contribution < 1.29 is 4.74 Å². The summed E-state index contributed by atoms with van der Waals surface area (Å²) >= 11 is 0. The lowest BCUT2D eigenvalue weighted by Gasteiger charge is -2.27. The summed E-state index contributed by atoms with van der Waals surface area (Å²) in [5.41, 5.74) is 2.97. The second-order valence-corrected chi connectivity index (χ2v) is 4.04. The molecule has 1 aliphatic rings. The molecule has 0 unspecified atom stereocenters. The maximum Gasteiger partial charge on any atom is 0.116 e. The van der Waals surface area contributed by atoms with Gasteiger partial charge in [-0.25, -0.2) is 9.97 Å². The van der Waals surface area contributed by atoms with Crippen LogP contribution in [0.25, 0.3) is 5.57 Å². The molecule has 0 aliphatic carbocycles. The van der Waals surface area contributed by atoms with Crippen LogP contribution >= 0.6 is 0 Å². The van der Waals surface area contributed by atoms with Crippen molar-refractivity contribution >= 4 is 5.57 Å². The molecule has 0 spiro atoms. The Morgan fingerprint density at radius 2 is 2.19 bits per heavy atom. The molecule has 4 heteroatoms. The standard InChI is InChI=1S/C12H17N3O/c1-10(8-15-3-5-16-6-4-15)12-7-11(2)13-9-14-12/h7,9H,1,3-6,8H2,2H3. The second-order valence-electron chi connectivity index (χ2n) is 4.04. The fraction of sp³-hybridized carbons (Fsp3) is 0.500. The molecule has 0 saturated carbocycles. The first-order valence-corrected chi connectivity index (χ1v) is 5.52. The number of aryl methyl sites for hydroxylation is 1. The van der Waals surface area contributed by atoms with Gasteiger partial charge < -0.3 is 4.74 Å². The van der Waals surface area contributed by atoms with Crippen LogP contribution in [0.4, 0.5) is 0 Å². The molecule has 1 aromatic heterocycles. The molecule has 0 aromatic carbocycles. The van der Waals surface area contributed by atoms with Gasteiger partial charge in [0.25, 0.3) is 0 Å². The average molecular weight is 219 g/mol. The summed E-state index contributed by atoms with van der Waals surface area (Å²) in [6, 6.07) is 1.97. The zero-order valence-electron chi connectivity index (χ0n) is 9.65. The number of ether oxygens (including phenoxy) is 1. The number of aromatic nitrogens is 2. The van der Waals surface area contributed by atoms with Crippen molar-refractivity contribution in [3.8, 4) is 0 Å². The van der Waals surface area contributed by atoms with Gasteiger partial charge in [-0.2, -0.15) is 0 Å². The van der Waals surface area contributed by atoms with Gasteiger partial charge in [0.05, 0.1) is 18.9 Å². The SMILES string of the molecule is C=C(CN1CCOCC1)c1cc(C)ncn1. The largest absolute Gasteiger partial charge is 0.379 e. The highest BCUT2D eigenvalue weighted by molar-refractivity contribution is 5.61. The zero-order chi connectivity index (χ0) is 11.4. The van der Waals surface area contributed by atoms with Crippen molar-refractivity contribution in [2.45, 2.75) is 6.92 Å². The Bertz CT molecular complexity index is 372. The molecule has 0 radical (unpaired) electrons. The second kappa shape index (κ2) is 5.18. The summed E-state index contributed by atoms with van der Waals surface area (Å²) in [7, 11) is 0.